The average Bonchev–Trinajstić information content (AvgIpc) is 3.66. The van der Waals surface area contributed by atoms with Crippen LogP contribution >= 0.6 is 0 Å². The number of fused-ring (bicyclic) bond motifs is 3. The van der Waals surface area contributed by atoms with Crippen molar-refractivity contribution < 1.29 is 46.1 Å². The number of aryl methyl sites for hydroxylation is 4. The molecule has 0 radical (unpaired) electrons. The molecule has 0 unspecified atom stereocenters. The molecule has 0 amide bonds. The molecular formula is C51H64Cl2Zr. The number of halogens is 2. The fraction of sp³-hybridized carbons (Fsp3) is 0.431. The van der Waals surface area contributed by atoms with Gasteiger partial charge in [-0.15, -0.1) is 0 Å². The third kappa shape index (κ3) is 9.28. The van der Waals surface area contributed by atoms with Crippen LogP contribution in [0.4, 0.5) is 0 Å². The molecule has 0 aliphatic heterocycles. The van der Waals surface area contributed by atoms with Crippen LogP contribution in [0.2, 0.25) is 0 Å². The van der Waals surface area contributed by atoms with Gasteiger partial charge in [0.1, 0.15) is 0 Å². The summed E-state index contributed by atoms with van der Waals surface area (Å²) in [6.07, 6.45) is 12.0. The Bertz CT molecular complexity index is 2090. The fourth-order valence-corrected chi connectivity index (χ4v) is 18.9. The Balaban J connectivity index is 0.00000325. The molecule has 0 aromatic heterocycles. The molecule has 3 heteroatoms. The summed E-state index contributed by atoms with van der Waals surface area (Å²) in [4.78, 5) is 0. The summed E-state index contributed by atoms with van der Waals surface area (Å²) in [6.45, 7) is 33.4. The second kappa shape index (κ2) is 17.0. The summed E-state index contributed by atoms with van der Waals surface area (Å²) in [7, 11) is 0. The van der Waals surface area contributed by atoms with Crippen molar-refractivity contribution >= 4 is 6.48 Å². The second-order valence-corrected chi connectivity index (χ2v) is 25.6. The first-order valence-electron chi connectivity index (χ1n) is 20.0. The van der Waals surface area contributed by atoms with E-state index in [1.807, 2.05) is 3.21 Å². The molecule has 0 nitrogen and oxygen atoms in total. The molecule has 54 heavy (non-hydrogen) atoms. The molecule has 4 aromatic carbocycles. The van der Waals surface area contributed by atoms with Crippen molar-refractivity contribution in [2.75, 3.05) is 0 Å². The summed E-state index contributed by atoms with van der Waals surface area (Å²) < 4.78 is 5.45. The van der Waals surface area contributed by atoms with Crippen LogP contribution in [-0.4, -0.2) is 3.21 Å². The minimum absolute atomic E-state index is 0. The number of hydrogen-bond donors (Lipinski definition) is 0. The zero-order valence-corrected chi connectivity index (χ0v) is 39.6. The van der Waals surface area contributed by atoms with Gasteiger partial charge in [0.05, 0.1) is 0 Å². The van der Waals surface area contributed by atoms with Crippen LogP contribution in [0.5, 0.6) is 0 Å². The van der Waals surface area contributed by atoms with Gasteiger partial charge < -0.3 is 24.8 Å². The van der Waals surface area contributed by atoms with Crippen molar-refractivity contribution in [1.82, 2.24) is 0 Å². The molecule has 0 fully saturated rings. The maximum atomic E-state index is 2.66. The van der Waals surface area contributed by atoms with Crippen molar-refractivity contribution in [2.24, 2.45) is 11.8 Å². The molecule has 0 spiro atoms. The molecule has 4 aromatic rings. The van der Waals surface area contributed by atoms with Crippen LogP contribution in [0.25, 0.3) is 33.4 Å². The van der Waals surface area contributed by atoms with E-state index in [4.69, 9.17) is 0 Å². The molecule has 0 bridgehead atoms. The Kier molecular flexibility index (Phi) is 14.0. The number of benzene rings is 4. The normalized spacial score (nSPS) is 13.3. The van der Waals surface area contributed by atoms with Crippen LogP contribution in [0, 0.1) is 39.5 Å². The fourth-order valence-electron chi connectivity index (χ4n) is 9.13. The van der Waals surface area contributed by atoms with Crippen LogP contribution in [0.3, 0.4) is 0 Å². The maximum Gasteiger partial charge on any atom is -1.00 e. The first-order chi connectivity index (χ1) is 24.3. The molecule has 2 aliphatic rings. The maximum absolute atomic E-state index is 2.67. The zero-order chi connectivity index (χ0) is 37.9. The zero-order valence-electron chi connectivity index (χ0n) is 35.7. The number of rotatable bonds is 8. The first kappa shape index (κ1) is 44.4. The van der Waals surface area contributed by atoms with Gasteiger partial charge >= 0.3 is 327 Å². The summed E-state index contributed by atoms with van der Waals surface area (Å²) >= 11 is -2.67. The number of hydrogen-bond acceptors (Lipinski definition) is 0. The van der Waals surface area contributed by atoms with Crippen LogP contribution in [-0.2, 0) is 38.5 Å². The third-order valence-corrected chi connectivity index (χ3v) is 18.8. The van der Waals surface area contributed by atoms with E-state index in [2.05, 4.69) is 170 Å². The van der Waals surface area contributed by atoms with Crippen LogP contribution in [0.1, 0.15) is 133 Å². The van der Waals surface area contributed by atoms with Gasteiger partial charge in [-0.3, -0.25) is 0 Å². The standard InChI is InChI=1S/C37H41.C9H18.C5H5.2ClH.Zr/c1-22-11-23(2)14-26(13-22)32-18-28-17-29-19-33(27-15-24(3)12-25(4)16-27)35(37(8,9)10)21-31(29)30(28)20-34(32)36(5,6)7;1-8(2)6-5-7-9(3)4;1-2-4-5-3-1;;;/h11-16,18,20-21H,17H2,1-10H3;8-9H,6-7H2,1-4H3;1-3H,4H2;2*1H;/q;;;;;+2/p-2. The van der Waals surface area contributed by atoms with Crippen molar-refractivity contribution in [3.8, 4) is 33.4 Å². The van der Waals surface area contributed by atoms with Crippen molar-refractivity contribution in [3.05, 3.63) is 121 Å². The van der Waals surface area contributed by atoms with Gasteiger partial charge in [-0.2, -0.15) is 0 Å². The van der Waals surface area contributed by atoms with Gasteiger partial charge in [0, 0.05) is 0 Å². The minimum Gasteiger partial charge on any atom is -1.00 e. The molecule has 0 N–H and O–H groups in total. The Labute approximate surface area is 349 Å². The monoisotopic (exact) mass is 836 g/mol. The SMILES string of the molecule is Cc1cc(C)cc(-c2cc3c(cc2C(C)(C)C)-c2cc(C(C)(C)C)c(-c4cc(C)cc(C)c4)[c]([Zr+2]([C]4=CC=CC4)=[C](CC(C)C)CC(C)C)c2C3)c1.[Cl-].[Cl-]. The molecule has 0 saturated heterocycles. The topological polar surface area (TPSA) is 0 Å². The molecule has 6 rings (SSSR count). The summed E-state index contributed by atoms with van der Waals surface area (Å²) in [5, 5.41) is 0. The van der Waals surface area contributed by atoms with Gasteiger partial charge in [-0.25, -0.2) is 0 Å². The molecule has 0 heterocycles. The van der Waals surface area contributed by atoms with E-state index in [1.54, 1.807) is 17.7 Å². The molecule has 0 saturated carbocycles. The minimum atomic E-state index is -2.67. The summed E-state index contributed by atoms with van der Waals surface area (Å²) in [5.41, 5.74) is 20.3. The van der Waals surface area contributed by atoms with Crippen molar-refractivity contribution in [1.29, 1.82) is 0 Å². The predicted molar refractivity (Wildman–Crippen MR) is 227 cm³/mol. The molecule has 2 aliphatic carbocycles. The van der Waals surface area contributed by atoms with Crippen LogP contribution < -0.4 is 28.1 Å². The van der Waals surface area contributed by atoms with E-state index >= 15 is 0 Å². The second-order valence-electron chi connectivity index (χ2n) is 19.2. The number of allylic oxidation sites excluding steroid dienone is 4. The van der Waals surface area contributed by atoms with Gasteiger partial charge in [-0.05, 0) is 0 Å². The van der Waals surface area contributed by atoms with Crippen molar-refractivity contribution in [2.45, 2.75) is 133 Å². The molecular weight excluding hydrogens is 775 g/mol. The quantitative estimate of drug-likeness (QED) is 0.150. The Morgan fingerprint density at radius 1 is 0.611 bits per heavy atom. The Morgan fingerprint density at radius 2 is 1.11 bits per heavy atom. The van der Waals surface area contributed by atoms with E-state index < -0.39 is 21.3 Å². The van der Waals surface area contributed by atoms with Gasteiger partial charge in [0.25, 0.3) is 0 Å². The largest absolute Gasteiger partial charge is 1.00 e. The smallest absolute Gasteiger partial charge is 1.00 e. The van der Waals surface area contributed by atoms with E-state index in [9.17, 15) is 0 Å². The average molecular weight is 839 g/mol. The van der Waals surface area contributed by atoms with E-state index in [1.165, 1.54) is 79.6 Å². The van der Waals surface area contributed by atoms with Gasteiger partial charge in [0.15, 0.2) is 0 Å². The van der Waals surface area contributed by atoms with Crippen LogP contribution in [0.15, 0.2) is 76.1 Å². The first-order valence-corrected chi connectivity index (χ1v) is 23.6. The van der Waals surface area contributed by atoms with Crippen molar-refractivity contribution in [3.63, 3.8) is 0 Å². The Morgan fingerprint density at radius 3 is 1.57 bits per heavy atom. The third-order valence-electron chi connectivity index (χ3n) is 11.0. The molecule has 0 atom stereocenters. The summed E-state index contributed by atoms with van der Waals surface area (Å²) in [5.74, 6) is 1.30. The van der Waals surface area contributed by atoms with E-state index in [0.29, 0.717) is 11.8 Å². The predicted octanol–water partition coefficient (Wildman–Crippen LogP) is 7.78. The molecule has 286 valence electrons. The Hall–Kier alpha value is -2.31. The van der Waals surface area contributed by atoms with Gasteiger partial charge in [0.2, 0.25) is 0 Å². The van der Waals surface area contributed by atoms with E-state index in [0.717, 1.165) is 12.8 Å². The van der Waals surface area contributed by atoms with Gasteiger partial charge in [-0.1, -0.05) is 0 Å². The van der Waals surface area contributed by atoms with E-state index in [-0.39, 0.29) is 35.6 Å². The summed E-state index contributed by atoms with van der Waals surface area (Å²) in [6, 6.07) is 22.3.